The molecule has 0 radical (unpaired) electrons. The van der Waals surface area contributed by atoms with E-state index in [9.17, 15) is 5.11 Å². The van der Waals surface area contributed by atoms with Crippen molar-refractivity contribution in [3.05, 3.63) is 11.7 Å². The third-order valence-corrected chi connectivity index (χ3v) is 3.04. The number of hydrogen-bond acceptors (Lipinski definition) is 4. The van der Waals surface area contributed by atoms with E-state index in [1.807, 2.05) is 0 Å². The monoisotopic (exact) mass is 210 g/mol. The van der Waals surface area contributed by atoms with E-state index in [-0.39, 0.29) is 0 Å². The van der Waals surface area contributed by atoms with Crippen molar-refractivity contribution in [1.29, 1.82) is 0 Å². The average Bonchev–Trinajstić information content (AvgIpc) is 2.55. The summed E-state index contributed by atoms with van der Waals surface area (Å²) in [6.45, 7) is 1.64. The molecule has 1 aromatic heterocycles. The van der Waals surface area contributed by atoms with Crippen molar-refractivity contribution in [3.63, 3.8) is 0 Å². The first-order valence-electron chi connectivity index (χ1n) is 5.79. The average molecular weight is 210 g/mol. The number of nitrogens with zero attached hydrogens (tertiary/aromatic N) is 2. The normalized spacial score (nSPS) is 21.2. The van der Waals surface area contributed by atoms with Crippen molar-refractivity contribution in [2.24, 2.45) is 0 Å². The highest BCUT2D eigenvalue weighted by Crippen LogP contribution is 2.30. The Kier molecular flexibility index (Phi) is 3.36. The molecule has 1 aromatic rings. The summed E-state index contributed by atoms with van der Waals surface area (Å²) >= 11 is 0. The van der Waals surface area contributed by atoms with Gasteiger partial charge in [0.2, 0.25) is 0 Å². The molecule has 1 heterocycles. The first-order valence-corrected chi connectivity index (χ1v) is 5.79. The Morgan fingerprint density at radius 1 is 1.27 bits per heavy atom. The van der Waals surface area contributed by atoms with Crippen LogP contribution in [0.5, 0.6) is 0 Å². The molecule has 0 spiro atoms. The van der Waals surface area contributed by atoms with E-state index >= 15 is 0 Å². The number of aliphatic hydroxyl groups excluding tert-OH is 1. The SMILES string of the molecule is CC(O)c1nc(C2CCCCCC2)no1. The molecule has 0 amide bonds. The fraction of sp³-hybridized carbons (Fsp3) is 0.818. The Labute approximate surface area is 89.7 Å². The first-order chi connectivity index (χ1) is 7.27. The molecular weight excluding hydrogens is 192 g/mol. The predicted molar refractivity (Wildman–Crippen MR) is 55.4 cm³/mol. The van der Waals surface area contributed by atoms with Crippen molar-refractivity contribution in [2.45, 2.75) is 57.5 Å². The highest BCUT2D eigenvalue weighted by molar-refractivity contribution is 4.97. The van der Waals surface area contributed by atoms with Crippen molar-refractivity contribution >= 4 is 0 Å². The van der Waals surface area contributed by atoms with Crippen LogP contribution in [0.1, 0.15) is 69.2 Å². The zero-order valence-corrected chi connectivity index (χ0v) is 9.15. The Morgan fingerprint density at radius 2 is 1.93 bits per heavy atom. The quantitative estimate of drug-likeness (QED) is 0.762. The minimum Gasteiger partial charge on any atom is -0.384 e. The van der Waals surface area contributed by atoms with E-state index in [4.69, 9.17) is 4.52 Å². The molecule has 4 nitrogen and oxygen atoms in total. The molecule has 4 heteroatoms. The van der Waals surface area contributed by atoms with Gasteiger partial charge < -0.3 is 9.63 Å². The van der Waals surface area contributed by atoms with Crippen molar-refractivity contribution < 1.29 is 9.63 Å². The van der Waals surface area contributed by atoms with E-state index < -0.39 is 6.10 Å². The molecule has 1 fully saturated rings. The molecule has 1 N–H and O–H groups in total. The van der Waals surface area contributed by atoms with E-state index in [2.05, 4.69) is 10.1 Å². The molecule has 1 aliphatic carbocycles. The highest BCUT2D eigenvalue weighted by atomic mass is 16.5. The Morgan fingerprint density at radius 3 is 2.47 bits per heavy atom. The van der Waals surface area contributed by atoms with E-state index in [1.165, 1.54) is 25.7 Å². The van der Waals surface area contributed by atoms with Crippen LogP contribution in [0.15, 0.2) is 4.52 Å². The first kappa shape index (κ1) is 10.6. The minimum absolute atomic E-state index is 0.342. The Hall–Kier alpha value is -0.900. The highest BCUT2D eigenvalue weighted by Gasteiger charge is 2.21. The summed E-state index contributed by atoms with van der Waals surface area (Å²) in [5, 5.41) is 13.3. The van der Waals surface area contributed by atoms with Crippen LogP contribution in [-0.4, -0.2) is 15.2 Å². The second-order valence-corrected chi connectivity index (χ2v) is 4.36. The zero-order chi connectivity index (χ0) is 10.7. The van der Waals surface area contributed by atoms with Crippen LogP contribution < -0.4 is 0 Å². The van der Waals surface area contributed by atoms with Gasteiger partial charge in [0.25, 0.3) is 5.89 Å². The van der Waals surface area contributed by atoms with E-state index in [0.29, 0.717) is 11.8 Å². The van der Waals surface area contributed by atoms with Gasteiger partial charge in [-0.3, -0.25) is 0 Å². The molecule has 1 saturated carbocycles. The Balaban J connectivity index is 2.06. The van der Waals surface area contributed by atoms with Gasteiger partial charge in [-0.1, -0.05) is 30.8 Å². The maximum atomic E-state index is 9.29. The van der Waals surface area contributed by atoms with Gasteiger partial charge in [-0.25, -0.2) is 0 Å². The van der Waals surface area contributed by atoms with Gasteiger partial charge in [0, 0.05) is 5.92 Å². The summed E-state index contributed by atoms with van der Waals surface area (Å²) in [6, 6.07) is 0. The van der Waals surface area contributed by atoms with Gasteiger partial charge in [0.15, 0.2) is 5.82 Å². The largest absolute Gasteiger partial charge is 0.384 e. The third kappa shape index (κ3) is 2.56. The second kappa shape index (κ2) is 4.75. The standard InChI is InChI=1S/C11H18N2O2/c1-8(14)11-12-10(13-15-11)9-6-4-2-3-5-7-9/h8-9,14H,2-7H2,1H3. The van der Waals surface area contributed by atoms with Crippen LogP contribution in [0, 0.1) is 0 Å². The molecule has 0 aromatic carbocycles. The van der Waals surface area contributed by atoms with E-state index in [1.54, 1.807) is 6.92 Å². The second-order valence-electron chi connectivity index (χ2n) is 4.36. The van der Waals surface area contributed by atoms with Gasteiger partial charge in [-0.05, 0) is 19.8 Å². The number of aliphatic hydroxyl groups is 1. The maximum Gasteiger partial charge on any atom is 0.255 e. The summed E-state index contributed by atoms with van der Waals surface area (Å²) in [7, 11) is 0. The zero-order valence-electron chi connectivity index (χ0n) is 9.15. The lowest BCUT2D eigenvalue weighted by atomic mass is 10.00. The van der Waals surface area contributed by atoms with Crippen LogP contribution in [-0.2, 0) is 0 Å². The predicted octanol–water partition coefficient (Wildman–Crippen LogP) is 2.56. The molecule has 0 saturated heterocycles. The third-order valence-electron chi connectivity index (χ3n) is 3.04. The molecule has 0 aliphatic heterocycles. The lowest BCUT2D eigenvalue weighted by Gasteiger charge is -2.07. The van der Waals surface area contributed by atoms with Crippen LogP contribution in [0.3, 0.4) is 0 Å². The topological polar surface area (TPSA) is 59.2 Å². The Bertz CT molecular complexity index is 301. The molecule has 84 valence electrons. The number of hydrogen-bond donors (Lipinski definition) is 1. The van der Waals surface area contributed by atoms with Crippen molar-refractivity contribution in [2.75, 3.05) is 0 Å². The molecular formula is C11H18N2O2. The number of aromatic nitrogens is 2. The van der Waals surface area contributed by atoms with Crippen molar-refractivity contribution in [3.8, 4) is 0 Å². The van der Waals surface area contributed by atoms with Crippen LogP contribution in [0.25, 0.3) is 0 Å². The minimum atomic E-state index is -0.656. The fourth-order valence-corrected chi connectivity index (χ4v) is 2.12. The van der Waals surface area contributed by atoms with Gasteiger partial charge in [-0.2, -0.15) is 4.98 Å². The fourth-order valence-electron chi connectivity index (χ4n) is 2.12. The van der Waals surface area contributed by atoms with Crippen molar-refractivity contribution in [1.82, 2.24) is 10.1 Å². The van der Waals surface area contributed by atoms with Crippen LogP contribution in [0.2, 0.25) is 0 Å². The summed E-state index contributed by atoms with van der Waals surface area (Å²) in [6.07, 6.45) is 6.79. The summed E-state index contributed by atoms with van der Waals surface area (Å²) < 4.78 is 5.01. The summed E-state index contributed by atoms with van der Waals surface area (Å²) in [5.41, 5.74) is 0. The van der Waals surface area contributed by atoms with Gasteiger partial charge in [-0.15, -0.1) is 0 Å². The molecule has 1 unspecified atom stereocenters. The van der Waals surface area contributed by atoms with Gasteiger partial charge in [0.1, 0.15) is 6.10 Å². The number of rotatable bonds is 2. The van der Waals surface area contributed by atoms with Crippen LogP contribution in [0.4, 0.5) is 0 Å². The summed E-state index contributed by atoms with van der Waals surface area (Å²) in [5.74, 6) is 1.56. The van der Waals surface area contributed by atoms with E-state index in [0.717, 1.165) is 18.7 Å². The molecule has 0 bridgehead atoms. The molecule has 1 aliphatic rings. The molecule has 1 atom stereocenters. The van der Waals surface area contributed by atoms with Crippen LogP contribution >= 0.6 is 0 Å². The molecule has 15 heavy (non-hydrogen) atoms. The lowest BCUT2D eigenvalue weighted by molar-refractivity contribution is 0.151. The molecule has 2 rings (SSSR count). The summed E-state index contributed by atoms with van der Waals surface area (Å²) in [4.78, 5) is 4.25. The maximum absolute atomic E-state index is 9.29. The van der Waals surface area contributed by atoms with Gasteiger partial charge in [0.05, 0.1) is 0 Å². The van der Waals surface area contributed by atoms with Gasteiger partial charge >= 0.3 is 0 Å². The smallest absolute Gasteiger partial charge is 0.255 e. The lowest BCUT2D eigenvalue weighted by Crippen LogP contribution is -2.00.